The van der Waals surface area contributed by atoms with E-state index < -0.39 is 29.4 Å². The molecule has 0 aliphatic carbocycles. The van der Waals surface area contributed by atoms with Crippen LogP contribution in [0.4, 0.5) is 13.2 Å². The van der Waals surface area contributed by atoms with Crippen LogP contribution in [0.5, 0.6) is 0 Å². The molecular weight excluding hydrogens is 191 g/mol. The number of hydrogen-bond acceptors (Lipinski definition) is 1. The molecule has 0 bridgehead atoms. The molecule has 1 unspecified atom stereocenters. The Kier molecular flexibility index (Phi) is 3.16. The molecule has 1 aromatic carbocycles. The largest absolute Gasteiger partial charge is 0.327 e. The summed E-state index contributed by atoms with van der Waals surface area (Å²) in [6.07, 6.45) is -0.0542. The van der Waals surface area contributed by atoms with Gasteiger partial charge in [-0.3, -0.25) is 0 Å². The summed E-state index contributed by atoms with van der Waals surface area (Å²) >= 11 is 0. The molecule has 2 N–H and O–H groups in total. The van der Waals surface area contributed by atoms with Crippen molar-refractivity contribution in [1.29, 1.82) is 0 Å². The molecule has 0 aliphatic heterocycles. The van der Waals surface area contributed by atoms with Gasteiger partial charge in [-0.05, 0) is 18.6 Å². The van der Waals surface area contributed by atoms with E-state index in [0.717, 1.165) is 12.1 Å². The van der Waals surface area contributed by atoms with Gasteiger partial charge in [0.05, 0.1) is 5.56 Å². The van der Waals surface area contributed by atoms with Gasteiger partial charge in [0.25, 0.3) is 0 Å². The summed E-state index contributed by atoms with van der Waals surface area (Å²) in [6.45, 7) is 1.07. The highest BCUT2D eigenvalue weighted by atomic mass is 19.2. The first-order valence-corrected chi connectivity index (χ1v) is 4.38. The number of benzene rings is 1. The highest BCUT2D eigenvalue weighted by Gasteiger charge is 2.34. The molecule has 0 aliphatic rings. The molecule has 0 spiro atoms. The Bertz CT molecular complexity index is 301. The predicted molar refractivity (Wildman–Crippen MR) is 48.5 cm³/mol. The minimum Gasteiger partial charge on any atom is -0.327 e. The highest BCUT2D eigenvalue weighted by Crippen LogP contribution is 2.32. The Morgan fingerprint density at radius 1 is 1.29 bits per heavy atom. The van der Waals surface area contributed by atoms with Gasteiger partial charge in [-0.15, -0.1) is 0 Å². The van der Waals surface area contributed by atoms with E-state index in [2.05, 4.69) is 0 Å². The van der Waals surface area contributed by atoms with E-state index in [0.29, 0.717) is 0 Å². The molecular formula is C10H12F3N. The van der Waals surface area contributed by atoms with Crippen molar-refractivity contribution < 1.29 is 13.2 Å². The zero-order valence-electron chi connectivity index (χ0n) is 7.86. The summed E-state index contributed by atoms with van der Waals surface area (Å²) in [4.78, 5) is 0. The van der Waals surface area contributed by atoms with Crippen LogP contribution in [0.3, 0.4) is 0 Å². The Morgan fingerprint density at radius 3 is 2.14 bits per heavy atom. The lowest BCUT2D eigenvalue weighted by Crippen LogP contribution is -2.31. The molecule has 0 amide bonds. The first-order valence-electron chi connectivity index (χ1n) is 4.38. The number of hydrogen-bond donors (Lipinski definition) is 1. The van der Waals surface area contributed by atoms with Gasteiger partial charge in [-0.2, -0.15) is 0 Å². The van der Waals surface area contributed by atoms with Crippen molar-refractivity contribution in [1.82, 2.24) is 0 Å². The van der Waals surface area contributed by atoms with E-state index in [1.54, 1.807) is 0 Å². The monoisotopic (exact) mass is 203 g/mol. The van der Waals surface area contributed by atoms with Gasteiger partial charge in [-0.25, -0.2) is 13.2 Å². The van der Waals surface area contributed by atoms with Crippen LogP contribution in [0.25, 0.3) is 0 Å². The zero-order valence-corrected chi connectivity index (χ0v) is 7.86. The van der Waals surface area contributed by atoms with Crippen LogP contribution in [0, 0.1) is 11.6 Å². The molecule has 1 nitrogen and oxygen atoms in total. The van der Waals surface area contributed by atoms with Crippen LogP contribution in [-0.4, -0.2) is 6.54 Å². The summed E-state index contributed by atoms with van der Waals surface area (Å²) in [5.41, 5.74) is 2.50. The summed E-state index contributed by atoms with van der Waals surface area (Å²) in [6, 6.07) is 3.25. The maximum atomic E-state index is 13.9. The molecule has 78 valence electrons. The second kappa shape index (κ2) is 4.00. The molecule has 0 saturated heterocycles. The quantitative estimate of drug-likeness (QED) is 0.802. The van der Waals surface area contributed by atoms with E-state index in [9.17, 15) is 13.2 Å². The zero-order chi connectivity index (χ0) is 10.8. The maximum absolute atomic E-state index is 13.9. The molecule has 0 radical (unpaired) electrons. The highest BCUT2D eigenvalue weighted by molar-refractivity contribution is 5.26. The van der Waals surface area contributed by atoms with Crippen LogP contribution < -0.4 is 5.73 Å². The van der Waals surface area contributed by atoms with Crippen molar-refractivity contribution in [2.45, 2.75) is 19.0 Å². The van der Waals surface area contributed by atoms with Crippen LogP contribution in [0.2, 0.25) is 0 Å². The van der Waals surface area contributed by atoms with E-state index >= 15 is 0 Å². The van der Waals surface area contributed by atoms with Crippen LogP contribution >= 0.6 is 0 Å². The maximum Gasteiger partial charge on any atom is 0.153 e. The third-order valence-electron chi connectivity index (χ3n) is 2.29. The van der Waals surface area contributed by atoms with Crippen molar-refractivity contribution in [2.75, 3.05) is 6.54 Å². The average molecular weight is 203 g/mol. The number of alkyl halides is 1. The normalized spacial score (nSPS) is 15.2. The number of halogens is 3. The molecule has 1 rings (SSSR count). The predicted octanol–water partition coefficient (Wildman–Crippen LogP) is 2.50. The van der Waals surface area contributed by atoms with Crippen LogP contribution in [-0.2, 0) is 5.67 Å². The van der Waals surface area contributed by atoms with Gasteiger partial charge in [-0.1, -0.05) is 13.0 Å². The molecule has 0 saturated carbocycles. The van der Waals surface area contributed by atoms with Gasteiger partial charge >= 0.3 is 0 Å². The number of nitrogens with two attached hydrogens (primary N) is 1. The van der Waals surface area contributed by atoms with Crippen molar-refractivity contribution in [3.8, 4) is 0 Å². The molecule has 1 aromatic rings. The second-order valence-electron chi connectivity index (χ2n) is 3.12. The van der Waals surface area contributed by atoms with Crippen molar-refractivity contribution in [3.63, 3.8) is 0 Å². The Labute approximate surface area is 80.7 Å². The van der Waals surface area contributed by atoms with Gasteiger partial charge in [0.2, 0.25) is 0 Å². The van der Waals surface area contributed by atoms with E-state index in [1.807, 2.05) is 0 Å². The van der Waals surface area contributed by atoms with E-state index in [-0.39, 0.29) is 6.42 Å². The van der Waals surface area contributed by atoms with E-state index in [4.69, 9.17) is 5.73 Å². The van der Waals surface area contributed by atoms with Crippen LogP contribution in [0.1, 0.15) is 18.9 Å². The molecule has 0 fully saturated rings. The van der Waals surface area contributed by atoms with Crippen LogP contribution in [0.15, 0.2) is 18.2 Å². The van der Waals surface area contributed by atoms with Gasteiger partial charge in [0, 0.05) is 6.54 Å². The minimum atomic E-state index is -2.12. The fourth-order valence-corrected chi connectivity index (χ4v) is 1.35. The summed E-state index contributed by atoms with van der Waals surface area (Å²) < 4.78 is 40.3. The molecule has 0 aromatic heterocycles. The molecule has 0 heterocycles. The lowest BCUT2D eigenvalue weighted by molar-refractivity contribution is 0.156. The lowest BCUT2D eigenvalue weighted by atomic mass is 9.92. The molecule has 14 heavy (non-hydrogen) atoms. The molecule has 1 atom stereocenters. The van der Waals surface area contributed by atoms with Crippen molar-refractivity contribution >= 4 is 0 Å². The first kappa shape index (κ1) is 11.0. The second-order valence-corrected chi connectivity index (χ2v) is 3.12. The Hall–Kier alpha value is -1.03. The smallest absolute Gasteiger partial charge is 0.153 e. The van der Waals surface area contributed by atoms with Gasteiger partial charge in [0.15, 0.2) is 5.67 Å². The summed E-state index contributed by atoms with van der Waals surface area (Å²) in [5, 5.41) is 0. The number of rotatable bonds is 3. The van der Waals surface area contributed by atoms with Gasteiger partial charge in [0.1, 0.15) is 11.6 Å². The third-order valence-corrected chi connectivity index (χ3v) is 2.29. The fraction of sp³-hybridized carbons (Fsp3) is 0.400. The average Bonchev–Trinajstić information content (AvgIpc) is 2.17. The van der Waals surface area contributed by atoms with E-state index in [1.165, 1.54) is 13.0 Å². The lowest BCUT2D eigenvalue weighted by Gasteiger charge is -2.23. The van der Waals surface area contributed by atoms with Crippen molar-refractivity contribution in [3.05, 3.63) is 35.4 Å². The standard InChI is InChI=1S/C10H12F3N/c1-2-10(13,6-14)9-7(11)4-3-5-8(9)12/h3-5H,2,6,14H2,1H3. The Morgan fingerprint density at radius 2 is 1.79 bits per heavy atom. The minimum absolute atomic E-state index is 0.0542. The Balaban J connectivity index is 3.29. The SMILES string of the molecule is CCC(F)(CN)c1c(F)cccc1F. The molecule has 4 heteroatoms. The topological polar surface area (TPSA) is 26.0 Å². The van der Waals surface area contributed by atoms with Crippen molar-refractivity contribution in [2.24, 2.45) is 5.73 Å². The third kappa shape index (κ3) is 1.75. The first-order chi connectivity index (χ1) is 6.55. The fourth-order valence-electron chi connectivity index (χ4n) is 1.35. The summed E-state index contributed by atoms with van der Waals surface area (Å²) in [5.74, 6) is -1.78. The summed E-state index contributed by atoms with van der Waals surface area (Å²) in [7, 11) is 0. The van der Waals surface area contributed by atoms with Gasteiger partial charge < -0.3 is 5.73 Å².